The van der Waals surface area contributed by atoms with Gasteiger partial charge in [0.15, 0.2) is 6.54 Å². The van der Waals surface area contributed by atoms with Gasteiger partial charge in [0.05, 0.1) is 0 Å². The van der Waals surface area contributed by atoms with Gasteiger partial charge in [0.25, 0.3) is 5.91 Å². The largest absolute Gasteiger partial charge is 0.322 e. The minimum Gasteiger partial charge on any atom is -0.322 e. The van der Waals surface area contributed by atoms with Crippen LogP contribution < -0.4 is 15.1 Å². The molecule has 132 valence electrons. The predicted octanol–water partition coefficient (Wildman–Crippen LogP) is 0.0562. The molecule has 0 aromatic heterocycles. The highest BCUT2D eigenvalue weighted by Crippen LogP contribution is 2.13. The van der Waals surface area contributed by atoms with E-state index in [1.54, 1.807) is 24.0 Å². The fourth-order valence-electron chi connectivity index (χ4n) is 3.30. The zero-order valence-corrected chi connectivity index (χ0v) is 14.6. The van der Waals surface area contributed by atoms with Crippen LogP contribution in [0.1, 0.15) is 11.1 Å². The zero-order chi connectivity index (χ0) is 17.6. The van der Waals surface area contributed by atoms with Gasteiger partial charge in [-0.05, 0) is 24.6 Å². The van der Waals surface area contributed by atoms with Crippen LogP contribution in [0, 0.1) is 12.7 Å². The Morgan fingerprint density at radius 1 is 1.04 bits per heavy atom. The Morgan fingerprint density at radius 3 is 2.40 bits per heavy atom. The molecule has 2 aromatic carbocycles. The van der Waals surface area contributed by atoms with Gasteiger partial charge in [0.1, 0.15) is 38.5 Å². The maximum Gasteiger partial charge on any atom is 0.279 e. The minimum absolute atomic E-state index is 0.0511. The second kappa shape index (κ2) is 8.23. The lowest BCUT2D eigenvalue weighted by molar-refractivity contribution is -1.02. The van der Waals surface area contributed by atoms with Crippen LogP contribution in [0.5, 0.6) is 0 Å². The standard InChI is InChI=1S/C20H24FN3O/c1-16-7-8-18(13-19(16)21)22-20(25)15-24-11-9-23(10-12-24)14-17-5-3-2-4-6-17/h2-8,13H,9-12,14-15H2,1H3,(H,22,25)/p+2. The van der Waals surface area contributed by atoms with Crippen molar-refractivity contribution in [3.8, 4) is 0 Å². The first kappa shape index (κ1) is 17.6. The lowest BCUT2D eigenvalue weighted by Crippen LogP contribution is -3.28. The summed E-state index contributed by atoms with van der Waals surface area (Å²) < 4.78 is 13.6. The molecule has 5 heteroatoms. The van der Waals surface area contributed by atoms with Crippen molar-refractivity contribution in [1.82, 2.24) is 0 Å². The molecule has 0 bridgehead atoms. The summed E-state index contributed by atoms with van der Waals surface area (Å²) in [5, 5.41) is 2.80. The summed E-state index contributed by atoms with van der Waals surface area (Å²) in [5.41, 5.74) is 2.47. The third-order valence-corrected chi connectivity index (χ3v) is 4.83. The normalized spacial score (nSPS) is 20.2. The van der Waals surface area contributed by atoms with E-state index in [9.17, 15) is 9.18 Å². The van der Waals surface area contributed by atoms with Gasteiger partial charge in [0.2, 0.25) is 0 Å². The van der Waals surface area contributed by atoms with Crippen molar-refractivity contribution in [2.75, 3.05) is 38.0 Å². The number of anilines is 1. The fourth-order valence-corrected chi connectivity index (χ4v) is 3.30. The van der Waals surface area contributed by atoms with E-state index in [0.717, 1.165) is 32.7 Å². The summed E-state index contributed by atoms with van der Waals surface area (Å²) in [6.07, 6.45) is 0. The van der Waals surface area contributed by atoms with Gasteiger partial charge in [-0.3, -0.25) is 4.79 Å². The molecule has 3 N–H and O–H groups in total. The van der Waals surface area contributed by atoms with Gasteiger partial charge in [-0.15, -0.1) is 0 Å². The van der Waals surface area contributed by atoms with Crippen LogP contribution in [0.3, 0.4) is 0 Å². The topological polar surface area (TPSA) is 38.0 Å². The summed E-state index contributed by atoms with van der Waals surface area (Å²) in [5.74, 6) is -0.340. The van der Waals surface area contributed by atoms with Crippen molar-refractivity contribution in [2.24, 2.45) is 0 Å². The van der Waals surface area contributed by atoms with Gasteiger partial charge in [-0.25, -0.2) is 4.39 Å². The Balaban J connectivity index is 1.43. The third-order valence-electron chi connectivity index (χ3n) is 4.83. The van der Waals surface area contributed by atoms with Gasteiger partial charge in [-0.2, -0.15) is 0 Å². The minimum atomic E-state index is -0.289. The number of aryl methyl sites for hydroxylation is 1. The summed E-state index contributed by atoms with van der Waals surface area (Å²) >= 11 is 0. The highest BCUT2D eigenvalue weighted by atomic mass is 19.1. The number of carbonyl (C=O) groups excluding carboxylic acids is 1. The second-order valence-electron chi connectivity index (χ2n) is 6.85. The quantitative estimate of drug-likeness (QED) is 0.706. The van der Waals surface area contributed by atoms with Crippen LogP contribution >= 0.6 is 0 Å². The fraction of sp³-hybridized carbons (Fsp3) is 0.350. The molecule has 0 atom stereocenters. The van der Waals surface area contributed by atoms with Crippen LogP contribution in [0.15, 0.2) is 48.5 Å². The van der Waals surface area contributed by atoms with Crippen molar-refractivity contribution in [3.05, 3.63) is 65.5 Å². The summed E-state index contributed by atoms with van der Waals surface area (Å²) in [4.78, 5) is 15.0. The molecule has 1 amide bonds. The summed E-state index contributed by atoms with van der Waals surface area (Å²) in [7, 11) is 0. The van der Waals surface area contributed by atoms with Crippen LogP contribution in [-0.4, -0.2) is 38.6 Å². The van der Waals surface area contributed by atoms with Crippen LogP contribution in [-0.2, 0) is 11.3 Å². The lowest BCUT2D eigenvalue weighted by Gasteiger charge is -2.29. The zero-order valence-electron chi connectivity index (χ0n) is 14.6. The molecule has 4 nitrogen and oxygen atoms in total. The molecule has 2 aromatic rings. The Bertz CT molecular complexity index is 712. The molecule has 1 aliphatic heterocycles. The smallest absolute Gasteiger partial charge is 0.279 e. The van der Waals surface area contributed by atoms with E-state index < -0.39 is 0 Å². The number of halogens is 1. The molecule has 3 rings (SSSR count). The maximum atomic E-state index is 13.6. The number of hydrogen-bond acceptors (Lipinski definition) is 1. The molecule has 1 heterocycles. The van der Waals surface area contributed by atoms with Crippen molar-refractivity contribution in [3.63, 3.8) is 0 Å². The molecule has 0 aliphatic carbocycles. The first-order valence-electron chi connectivity index (χ1n) is 8.87. The molecule has 1 aliphatic rings. The molecule has 0 radical (unpaired) electrons. The molecule has 1 fully saturated rings. The number of rotatable bonds is 5. The molecular weight excluding hydrogens is 317 g/mol. The van der Waals surface area contributed by atoms with Crippen molar-refractivity contribution >= 4 is 11.6 Å². The number of nitrogens with one attached hydrogen (secondary N) is 3. The van der Waals surface area contributed by atoms with E-state index in [0.29, 0.717) is 17.8 Å². The molecule has 0 spiro atoms. The van der Waals surface area contributed by atoms with E-state index in [-0.39, 0.29) is 11.7 Å². The van der Waals surface area contributed by atoms with Gasteiger partial charge in [-0.1, -0.05) is 36.4 Å². The van der Waals surface area contributed by atoms with Crippen LogP contribution in [0.4, 0.5) is 10.1 Å². The number of amides is 1. The van der Waals surface area contributed by atoms with E-state index in [2.05, 4.69) is 29.6 Å². The Kier molecular flexibility index (Phi) is 5.79. The van der Waals surface area contributed by atoms with E-state index >= 15 is 0 Å². The molecule has 1 saturated heterocycles. The highest BCUT2D eigenvalue weighted by Gasteiger charge is 2.24. The van der Waals surface area contributed by atoms with Crippen molar-refractivity contribution in [1.29, 1.82) is 0 Å². The van der Waals surface area contributed by atoms with E-state index in [1.807, 2.05) is 6.07 Å². The molecule has 25 heavy (non-hydrogen) atoms. The van der Waals surface area contributed by atoms with Crippen LogP contribution in [0.25, 0.3) is 0 Å². The van der Waals surface area contributed by atoms with E-state index in [1.165, 1.54) is 16.5 Å². The van der Waals surface area contributed by atoms with Gasteiger partial charge < -0.3 is 15.1 Å². The molecular formula is C20H26FN3O+2. The first-order chi connectivity index (χ1) is 12.1. The van der Waals surface area contributed by atoms with Crippen molar-refractivity contribution < 1.29 is 19.0 Å². The SMILES string of the molecule is Cc1ccc(NC(=O)C[NH+]2CC[NH+](Cc3ccccc3)CC2)cc1F. The van der Waals surface area contributed by atoms with Gasteiger partial charge in [0, 0.05) is 11.3 Å². The highest BCUT2D eigenvalue weighted by molar-refractivity contribution is 5.91. The summed E-state index contributed by atoms with van der Waals surface area (Å²) in [6, 6.07) is 15.3. The van der Waals surface area contributed by atoms with Crippen LogP contribution in [0.2, 0.25) is 0 Å². The maximum absolute atomic E-state index is 13.6. The Labute approximate surface area is 148 Å². The molecule has 0 unspecified atom stereocenters. The number of quaternary nitrogens is 2. The Hall–Kier alpha value is -2.24. The average molecular weight is 343 g/mol. The van der Waals surface area contributed by atoms with E-state index in [4.69, 9.17) is 0 Å². The molecule has 0 saturated carbocycles. The number of benzene rings is 2. The first-order valence-corrected chi connectivity index (χ1v) is 8.87. The third kappa shape index (κ3) is 5.11. The Morgan fingerprint density at radius 2 is 1.72 bits per heavy atom. The number of hydrogen-bond donors (Lipinski definition) is 3. The average Bonchev–Trinajstić information content (AvgIpc) is 2.61. The van der Waals surface area contributed by atoms with Crippen molar-refractivity contribution in [2.45, 2.75) is 13.5 Å². The number of carbonyl (C=O) groups is 1. The number of piperazine rings is 1. The lowest BCUT2D eigenvalue weighted by atomic mass is 10.2. The predicted molar refractivity (Wildman–Crippen MR) is 96.2 cm³/mol. The monoisotopic (exact) mass is 343 g/mol. The second-order valence-corrected chi connectivity index (χ2v) is 6.85. The van der Waals surface area contributed by atoms with Gasteiger partial charge >= 0.3 is 0 Å². The summed E-state index contributed by atoms with van der Waals surface area (Å²) in [6.45, 7) is 7.29.